The molecule has 1 heterocycles. The number of nitrogens with two attached hydrogens (primary N) is 1. The van der Waals surface area contributed by atoms with Crippen LogP contribution in [0, 0.1) is 6.92 Å². The Balaban J connectivity index is 2.77. The maximum atomic E-state index is 11.5. The second-order valence-corrected chi connectivity index (χ2v) is 4.34. The number of amides is 1. The fourth-order valence-corrected chi connectivity index (χ4v) is 1.79. The molecule has 0 spiro atoms. The van der Waals surface area contributed by atoms with Crippen molar-refractivity contribution in [1.82, 2.24) is 20.2 Å². The Morgan fingerprint density at radius 3 is 2.79 bits per heavy atom. The highest BCUT2D eigenvalue weighted by atomic mass is 16.1. The first-order valence-corrected chi connectivity index (χ1v) is 6.33. The highest BCUT2D eigenvalue weighted by molar-refractivity contribution is 5.77. The van der Waals surface area contributed by atoms with Gasteiger partial charge in [0.05, 0.1) is 13.1 Å². The summed E-state index contributed by atoms with van der Waals surface area (Å²) in [7, 11) is 1.63. The minimum absolute atomic E-state index is 0.0155. The number of aryl methyl sites for hydroxylation is 1. The molecule has 0 aliphatic carbocycles. The number of nitrogens with one attached hydrogen (secondary N) is 2. The summed E-state index contributed by atoms with van der Waals surface area (Å²) in [4.78, 5) is 22.1. The number of hydrazine groups is 1. The van der Waals surface area contributed by atoms with Crippen molar-refractivity contribution >= 4 is 11.7 Å². The van der Waals surface area contributed by atoms with Gasteiger partial charge in [-0.05, 0) is 19.9 Å². The van der Waals surface area contributed by atoms with Crippen molar-refractivity contribution < 1.29 is 4.79 Å². The van der Waals surface area contributed by atoms with E-state index >= 15 is 0 Å². The molecule has 1 aromatic rings. The summed E-state index contributed by atoms with van der Waals surface area (Å²) in [6.45, 7) is 5.64. The summed E-state index contributed by atoms with van der Waals surface area (Å²) in [6, 6.07) is 1.77. The van der Waals surface area contributed by atoms with Crippen molar-refractivity contribution in [3.63, 3.8) is 0 Å². The molecule has 0 saturated heterocycles. The van der Waals surface area contributed by atoms with Crippen LogP contribution in [0.4, 0.5) is 5.82 Å². The molecule has 19 heavy (non-hydrogen) atoms. The van der Waals surface area contributed by atoms with E-state index in [1.165, 1.54) is 0 Å². The number of likely N-dealkylation sites (N-methyl/N-ethyl adjacent to an activating group) is 1. The van der Waals surface area contributed by atoms with Crippen molar-refractivity contribution in [1.29, 1.82) is 0 Å². The maximum Gasteiger partial charge on any atom is 0.233 e. The quantitative estimate of drug-likeness (QED) is 0.476. The zero-order valence-corrected chi connectivity index (χ0v) is 11.7. The second-order valence-electron chi connectivity index (χ2n) is 4.34. The third-order valence-electron chi connectivity index (χ3n) is 2.60. The molecule has 0 unspecified atom stereocenters. The van der Waals surface area contributed by atoms with E-state index < -0.39 is 0 Å². The van der Waals surface area contributed by atoms with Crippen LogP contribution in [0.3, 0.4) is 0 Å². The van der Waals surface area contributed by atoms with E-state index in [-0.39, 0.29) is 5.91 Å². The van der Waals surface area contributed by atoms with Gasteiger partial charge in [-0.3, -0.25) is 9.69 Å². The topological polar surface area (TPSA) is 96.2 Å². The summed E-state index contributed by atoms with van der Waals surface area (Å²) in [5.74, 6) is 6.59. The Hall–Kier alpha value is -1.73. The van der Waals surface area contributed by atoms with E-state index in [1.807, 2.05) is 11.8 Å². The summed E-state index contributed by atoms with van der Waals surface area (Å²) < 4.78 is 0. The molecule has 0 aromatic carbocycles. The van der Waals surface area contributed by atoms with Crippen LogP contribution >= 0.6 is 0 Å². The van der Waals surface area contributed by atoms with Crippen LogP contribution in [0.5, 0.6) is 0 Å². The van der Waals surface area contributed by atoms with Gasteiger partial charge < -0.3 is 10.7 Å². The van der Waals surface area contributed by atoms with Crippen LogP contribution in [-0.2, 0) is 11.3 Å². The lowest BCUT2D eigenvalue weighted by Gasteiger charge is -2.20. The average molecular weight is 266 g/mol. The fourth-order valence-electron chi connectivity index (χ4n) is 1.79. The normalized spacial score (nSPS) is 10.6. The van der Waals surface area contributed by atoms with E-state index in [1.54, 1.807) is 13.1 Å². The van der Waals surface area contributed by atoms with Crippen molar-refractivity contribution in [2.24, 2.45) is 5.84 Å². The minimum atomic E-state index is -0.0155. The number of carbonyl (C=O) groups is 1. The predicted octanol–water partition coefficient (Wildman–Crippen LogP) is 0.0286. The Labute approximate surface area is 113 Å². The van der Waals surface area contributed by atoms with E-state index in [2.05, 4.69) is 27.6 Å². The van der Waals surface area contributed by atoms with E-state index in [4.69, 9.17) is 5.84 Å². The van der Waals surface area contributed by atoms with E-state index in [0.717, 1.165) is 18.7 Å². The fraction of sp³-hybridized carbons (Fsp3) is 0.583. The summed E-state index contributed by atoms with van der Waals surface area (Å²) in [6.07, 6.45) is 0.963. The Bertz CT molecular complexity index is 423. The molecule has 7 heteroatoms. The molecule has 0 fully saturated rings. The monoisotopic (exact) mass is 266 g/mol. The zero-order valence-electron chi connectivity index (χ0n) is 11.7. The SMILES string of the molecule is CCCN(CC(=O)NC)Cc1nc(C)cc(NN)n1. The molecule has 4 N–H and O–H groups in total. The Morgan fingerprint density at radius 2 is 2.21 bits per heavy atom. The molecule has 106 valence electrons. The first kappa shape index (κ1) is 15.3. The molecular weight excluding hydrogens is 244 g/mol. The lowest BCUT2D eigenvalue weighted by molar-refractivity contribution is -0.121. The summed E-state index contributed by atoms with van der Waals surface area (Å²) >= 11 is 0. The van der Waals surface area contributed by atoms with Crippen molar-refractivity contribution in [2.45, 2.75) is 26.8 Å². The smallest absolute Gasteiger partial charge is 0.233 e. The van der Waals surface area contributed by atoms with Crippen LogP contribution < -0.4 is 16.6 Å². The molecule has 7 nitrogen and oxygen atoms in total. The molecule has 1 rings (SSSR count). The molecule has 0 bridgehead atoms. The second kappa shape index (κ2) is 7.65. The van der Waals surface area contributed by atoms with E-state index in [0.29, 0.717) is 24.7 Å². The number of rotatable bonds is 7. The van der Waals surface area contributed by atoms with Crippen LogP contribution in [0.2, 0.25) is 0 Å². The highest BCUT2D eigenvalue weighted by Crippen LogP contribution is 2.07. The molecule has 0 atom stereocenters. The molecule has 0 radical (unpaired) electrons. The van der Waals surface area contributed by atoms with Gasteiger partial charge in [0, 0.05) is 18.8 Å². The number of anilines is 1. The number of aromatic nitrogens is 2. The number of hydrogen-bond acceptors (Lipinski definition) is 6. The number of nitrogens with zero attached hydrogens (tertiary/aromatic N) is 3. The van der Waals surface area contributed by atoms with Crippen molar-refractivity contribution in [2.75, 3.05) is 25.6 Å². The molecule has 1 aromatic heterocycles. The van der Waals surface area contributed by atoms with Gasteiger partial charge in [0.1, 0.15) is 11.6 Å². The largest absolute Gasteiger partial charge is 0.358 e. The zero-order chi connectivity index (χ0) is 14.3. The van der Waals surface area contributed by atoms with Gasteiger partial charge in [0.2, 0.25) is 5.91 Å². The van der Waals surface area contributed by atoms with Crippen LogP contribution in [0.15, 0.2) is 6.07 Å². The minimum Gasteiger partial charge on any atom is -0.358 e. The van der Waals surface area contributed by atoms with Crippen molar-refractivity contribution in [3.05, 3.63) is 17.6 Å². The highest BCUT2D eigenvalue weighted by Gasteiger charge is 2.12. The maximum absolute atomic E-state index is 11.5. The predicted molar refractivity (Wildman–Crippen MR) is 74.2 cm³/mol. The summed E-state index contributed by atoms with van der Waals surface area (Å²) in [5.41, 5.74) is 3.36. The Morgan fingerprint density at radius 1 is 1.47 bits per heavy atom. The Kier molecular flexibility index (Phi) is 6.17. The lowest BCUT2D eigenvalue weighted by atomic mass is 10.3. The lowest BCUT2D eigenvalue weighted by Crippen LogP contribution is -2.36. The van der Waals surface area contributed by atoms with Crippen LogP contribution in [0.1, 0.15) is 24.9 Å². The van der Waals surface area contributed by atoms with Crippen LogP contribution in [-0.4, -0.2) is 40.9 Å². The third kappa shape index (κ3) is 5.19. The number of carbonyl (C=O) groups excluding carboxylic acids is 1. The summed E-state index contributed by atoms with van der Waals surface area (Å²) in [5, 5.41) is 2.62. The molecule has 0 aliphatic heterocycles. The van der Waals surface area contributed by atoms with Gasteiger partial charge in [0.25, 0.3) is 0 Å². The van der Waals surface area contributed by atoms with Crippen LogP contribution in [0.25, 0.3) is 0 Å². The van der Waals surface area contributed by atoms with Gasteiger partial charge in [-0.25, -0.2) is 15.8 Å². The third-order valence-corrected chi connectivity index (χ3v) is 2.60. The molecule has 0 aliphatic rings. The van der Waals surface area contributed by atoms with Crippen molar-refractivity contribution in [3.8, 4) is 0 Å². The van der Waals surface area contributed by atoms with Gasteiger partial charge >= 0.3 is 0 Å². The number of hydrogen-bond donors (Lipinski definition) is 3. The molecular formula is C12H22N6O. The van der Waals surface area contributed by atoms with Gasteiger partial charge in [-0.15, -0.1) is 0 Å². The average Bonchev–Trinajstić information content (AvgIpc) is 2.38. The van der Waals surface area contributed by atoms with Gasteiger partial charge in [-0.2, -0.15) is 0 Å². The first-order chi connectivity index (χ1) is 9.08. The number of nitrogen functional groups attached to an aromatic ring is 1. The van der Waals surface area contributed by atoms with Gasteiger partial charge in [0.15, 0.2) is 0 Å². The molecule has 0 saturated carbocycles. The van der Waals surface area contributed by atoms with Gasteiger partial charge in [-0.1, -0.05) is 6.92 Å². The standard InChI is InChI=1S/C12H22N6O/c1-4-5-18(8-12(19)14-3)7-11-15-9(2)6-10(16-11)17-13/h6H,4-5,7-8,13H2,1-3H3,(H,14,19)(H,15,16,17). The van der Waals surface area contributed by atoms with E-state index in [9.17, 15) is 4.79 Å². The molecule has 1 amide bonds. The first-order valence-electron chi connectivity index (χ1n) is 6.33.